The van der Waals surface area contributed by atoms with Gasteiger partial charge in [0.15, 0.2) is 10.6 Å². The summed E-state index contributed by atoms with van der Waals surface area (Å²) >= 11 is 1.58. The molecular weight excluding hydrogens is 324 g/mol. The molecular formula is C18H20N2O3S. The zero-order chi connectivity index (χ0) is 16.9. The second-order valence-corrected chi connectivity index (χ2v) is 6.20. The zero-order valence-electron chi connectivity index (χ0n) is 13.9. The predicted molar refractivity (Wildman–Crippen MR) is 94.8 cm³/mol. The Labute approximate surface area is 144 Å². The van der Waals surface area contributed by atoms with Crippen LogP contribution in [0.3, 0.4) is 0 Å². The van der Waals surface area contributed by atoms with Gasteiger partial charge in [-0.05, 0) is 43.3 Å². The summed E-state index contributed by atoms with van der Waals surface area (Å²) in [5.74, 6) is 1.64. The van der Waals surface area contributed by atoms with Crippen molar-refractivity contribution in [2.75, 3.05) is 20.8 Å². The molecule has 1 atom stereocenters. The van der Waals surface area contributed by atoms with Crippen molar-refractivity contribution in [1.82, 2.24) is 4.57 Å². The molecule has 0 spiro atoms. The third kappa shape index (κ3) is 3.44. The van der Waals surface area contributed by atoms with Crippen LogP contribution in [0.5, 0.6) is 5.75 Å². The van der Waals surface area contributed by atoms with Gasteiger partial charge in [-0.25, -0.2) is 4.99 Å². The molecule has 0 bridgehead atoms. The molecule has 126 valence electrons. The molecule has 2 aromatic heterocycles. The van der Waals surface area contributed by atoms with Gasteiger partial charge >= 0.3 is 0 Å². The highest BCUT2D eigenvalue weighted by molar-refractivity contribution is 7.07. The van der Waals surface area contributed by atoms with Gasteiger partial charge in [-0.1, -0.05) is 0 Å². The number of hydrogen-bond acceptors (Lipinski definition) is 5. The van der Waals surface area contributed by atoms with Gasteiger partial charge in [0.1, 0.15) is 5.75 Å². The summed E-state index contributed by atoms with van der Waals surface area (Å²) < 4.78 is 18.2. The Hall–Kier alpha value is -2.31. The molecule has 0 fully saturated rings. The first-order valence-electron chi connectivity index (χ1n) is 7.64. The van der Waals surface area contributed by atoms with Crippen molar-refractivity contribution >= 4 is 17.0 Å². The van der Waals surface area contributed by atoms with Gasteiger partial charge in [0.2, 0.25) is 0 Å². The number of aromatic nitrogens is 1. The number of methoxy groups -OCH3 is 2. The standard InChI is InChI=1S/C18H20N2O3S/c1-13(11-21-2)20-16(17-5-4-10-23-17)12-24-18(20)19-14-6-8-15(22-3)9-7-14/h4-10,12-13H,11H2,1-3H3. The predicted octanol–water partition coefficient (Wildman–Crippen LogP) is 4.26. The van der Waals surface area contributed by atoms with Crippen LogP contribution in [-0.4, -0.2) is 25.4 Å². The van der Waals surface area contributed by atoms with E-state index in [0.717, 1.165) is 27.7 Å². The summed E-state index contributed by atoms with van der Waals surface area (Å²) in [6.45, 7) is 2.70. The van der Waals surface area contributed by atoms with Crippen LogP contribution in [0.1, 0.15) is 13.0 Å². The number of ether oxygens (including phenoxy) is 2. The first-order valence-corrected chi connectivity index (χ1v) is 8.52. The number of thiazole rings is 1. The van der Waals surface area contributed by atoms with Crippen LogP contribution in [0.2, 0.25) is 0 Å². The van der Waals surface area contributed by atoms with Gasteiger partial charge < -0.3 is 18.5 Å². The smallest absolute Gasteiger partial charge is 0.190 e. The maximum absolute atomic E-state index is 5.57. The van der Waals surface area contributed by atoms with Crippen molar-refractivity contribution in [3.8, 4) is 17.2 Å². The minimum atomic E-state index is 0.137. The van der Waals surface area contributed by atoms with Gasteiger partial charge in [-0.3, -0.25) is 0 Å². The fraction of sp³-hybridized carbons (Fsp3) is 0.278. The van der Waals surface area contributed by atoms with E-state index in [9.17, 15) is 0 Å². The van der Waals surface area contributed by atoms with Crippen LogP contribution in [0.4, 0.5) is 5.69 Å². The Morgan fingerprint density at radius 3 is 2.62 bits per heavy atom. The van der Waals surface area contributed by atoms with Gasteiger partial charge in [0.05, 0.1) is 37.4 Å². The summed E-state index contributed by atoms with van der Waals surface area (Å²) in [6, 6.07) is 11.7. The van der Waals surface area contributed by atoms with E-state index in [1.54, 1.807) is 31.8 Å². The molecule has 24 heavy (non-hydrogen) atoms. The molecule has 0 radical (unpaired) electrons. The molecule has 1 aromatic carbocycles. The molecule has 2 heterocycles. The molecule has 0 amide bonds. The second-order valence-electron chi connectivity index (χ2n) is 5.37. The Kier molecular flexibility index (Phi) is 5.17. The fourth-order valence-corrected chi connectivity index (χ4v) is 3.51. The molecule has 0 N–H and O–H groups in total. The number of furan rings is 1. The van der Waals surface area contributed by atoms with Crippen molar-refractivity contribution in [3.63, 3.8) is 0 Å². The molecule has 0 saturated heterocycles. The monoisotopic (exact) mass is 344 g/mol. The average Bonchev–Trinajstić information content (AvgIpc) is 3.25. The summed E-state index contributed by atoms with van der Waals surface area (Å²) in [6.07, 6.45) is 1.68. The van der Waals surface area contributed by atoms with Crippen molar-refractivity contribution in [2.24, 2.45) is 4.99 Å². The number of benzene rings is 1. The quantitative estimate of drug-likeness (QED) is 0.671. The van der Waals surface area contributed by atoms with Crippen molar-refractivity contribution in [1.29, 1.82) is 0 Å². The zero-order valence-corrected chi connectivity index (χ0v) is 14.7. The molecule has 3 rings (SSSR count). The largest absolute Gasteiger partial charge is 0.497 e. The van der Waals surface area contributed by atoms with E-state index in [2.05, 4.69) is 16.9 Å². The number of rotatable bonds is 6. The van der Waals surface area contributed by atoms with Crippen LogP contribution < -0.4 is 9.54 Å². The van der Waals surface area contributed by atoms with Crippen molar-refractivity contribution in [2.45, 2.75) is 13.0 Å². The third-order valence-electron chi connectivity index (χ3n) is 3.66. The molecule has 5 nitrogen and oxygen atoms in total. The van der Waals surface area contributed by atoms with E-state index in [1.165, 1.54) is 0 Å². The van der Waals surface area contributed by atoms with E-state index < -0.39 is 0 Å². The van der Waals surface area contributed by atoms with Crippen molar-refractivity contribution < 1.29 is 13.9 Å². The normalized spacial score (nSPS) is 13.2. The number of hydrogen-bond donors (Lipinski definition) is 0. The van der Waals surface area contributed by atoms with Gasteiger partial charge in [0, 0.05) is 12.5 Å². The SMILES string of the molecule is COCC(C)n1c(-c2ccco2)csc1=Nc1ccc(OC)cc1. The molecule has 0 aliphatic heterocycles. The summed E-state index contributed by atoms with van der Waals surface area (Å²) in [5.41, 5.74) is 1.88. The molecule has 6 heteroatoms. The minimum Gasteiger partial charge on any atom is -0.497 e. The van der Waals surface area contributed by atoms with E-state index >= 15 is 0 Å². The van der Waals surface area contributed by atoms with Crippen LogP contribution in [0.15, 0.2) is 57.5 Å². The van der Waals surface area contributed by atoms with Crippen LogP contribution >= 0.6 is 11.3 Å². The van der Waals surface area contributed by atoms with Gasteiger partial charge in [-0.2, -0.15) is 0 Å². The van der Waals surface area contributed by atoms with E-state index in [1.807, 2.05) is 36.4 Å². The van der Waals surface area contributed by atoms with Crippen LogP contribution in [0.25, 0.3) is 11.5 Å². The highest BCUT2D eigenvalue weighted by Gasteiger charge is 2.15. The van der Waals surface area contributed by atoms with E-state index in [4.69, 9.17) is 18.9 Å². The summed E-state index contributed by atoms with van der Waals surface area (Å²) in [4.78, 5) is 5.68. The van der Waals surface area contributed by atoms with E-state index in [-0.39, 0.29) is 6.04 Å². The Balaban J connectivity index is 2.07. The van der Waals surface area contributed by atoms with Crippen molar-refractivity contribution in [3.05, 3.63) is 52.8 Å². The molecule has 1 unspecified atom stereocenters. The molecule has 3 aromatic rings. The first-order chi connectivity index (χ1) is 11.7. The Bertz CT molecular complexity index is 832. The minimum absolute atomic E-state index is 0.137. The maximum Gasteiger partial charge on any atom is 0.190 e. The molecule has 0 aliphatic rings. The average molecular weight is 344 g/mol. The molecule has 0 aliphatic carbocycles. The highest BCUT2D eigenvalue weighted by Crippen LogP contribution is 2.25. The Morgan fingerprint density at radius 1 is 1.21 bits per heavy atom. The van der Waals surface area contributed by atoms with E-state index in [0.29, 0.717) is 6.61 Å². The summed E-state index contributed by atoms with van der Waals surface area (Å²) in [7, 11) is 3.36. The lowest BCUT2D eigenvalue weighted by Crippen LogP contribution is -2.22. The summed E-state index contributed by atoms with van der Waals surface area (Å²) in [5, 5.41) is 2.06. The lowest BCUT2D eigenvalue weighted by atomic mass is 10.3. The van der Waals surface area contributed by atoms with Gasteiger partial charge in [0.25, 0.3) is 0 Å². The molecule has 0 saturated carbocycles. The highest BCUT2D eigenvalue weighted by atomic mass is 32.1. The third-order valence-corrected chi connectivity index (χ3v) is 4.50. The Morgan fingerprint density at radius 2 is 2.00 bits per heavy atom. The lowest BCUT2D eigenvalue weighted by molar-refractivity contribution is 0.161. The van der Waals surface area contributed by atoms with Crippen LogP contribution in [-0.2, 0) is 4.74 Å². The van der Waals surface area contributed by atoms with Gasteiger partial charge in [-0.15, -0.1) is 11.3 Å². The number of nitrogens with zero attached hydrogens (tertiary/aromatic N) is 2. The lowest BCUT2D eigenvalue weighted by Gasteiger charge is -2.15. The topological polar surface area (TPSA) is 48.9 Å². The van der Waals surface area contributed by atoms with Crippen LogP contribution in [0, 0.1) is 0 Å². The maximum atomic E-state index is 5.57. The fourth-order valence-electron chi connectivity index (χ4n) is 2.52. The second kappa shape index (κ2) is 7.51. The first kappa shape index (κ1) is 16.5.